The fraction of sp³-hybridized carbons (Fsp3) is 0.750. The van der Waals surface area contributed by atoms with E-state index in [1.54, 1.807) is 0 Å². The zero-order valence-electron chi connectivity index (χ0n) is 5.69. The summed E-state index contributed by atoms with van der Waals surface area (Å²) in [5.74, 6) is 1.88. The van der Waals surface area contributed by atoms with Gasteiger partial charge in [-0.25, -0.2) is 0 Å². The Balaban J connectivity index is 2.09. The lowest BCUT2D eigenvalue weighted by Gasteiger charge is -2.02. The van der Waals surface area contributed by atoms with Crippen molar-refractivity contribution in [1.82, 2.24) is 5.32 Å². The van der Waals surface area contributed by atoms with Crippen LogP contribution in [-0.4, -0.2) is 13.1 Å². The van der Waals surface area contributed by atoms with Gasteiger partial charge >= 0.3 is 0 Å². The summed E-state index contributed by atoms with van der Waals surface area (Å²) in [5, 5.41) is 3.40. The van der Waals surface area contributed by atoms with Crippen molar-refractivity contribution in [3.8, 4) is 0 Å². The molecule has 1 saturated heterocycles. The van der Waals surface area contributed by atoms with E-state index in [1.165, 1.54) is 31.5 Å². The van der Waals surface area contributed by atoms with Crippen molar-refractivity contribution in [2.75, 3.05) is 13.1 Å². The van der Waals surface area contributed by atoms with E-state index in [0.717, 1.165) is 11.8 Å². The molecule has 0 radical (unpaired) electrons. The van der Waals surface area contributed by atoms with Crippen molar-refractivity contribution in [3.05, 3.63) is 12.2 Å². The summed E-state index contributed by atoms with van der Waals surface area (Å²) in [6.45, 7) is 6.49. The number of nitrogens with one attached hydrogen (secondary N) is 1. The van der Waals surface area contributed by atoms with E-state index < -0.39 is 0 Å². The van der Waals surface area contributed by atoms with Crippen LogP contribution in [0.3, 0.4) is 0 Å². The number of rotatable bonds is 0. The minimum absolute atomic E-state index is 0.942. The third-order valence-corrected chi connectivity index (χ3v) is 2.58. The predicted molar refractivity (Wildman–Crippen MR) is 38.2 cm³/mol. The molecule has 1 nitrogen and oxygen atoms in total. The number of hydrogen-bond donors (Lipinski definition) is 1. The molecule has 0 bridgehead atoms. The number of hydrogen-bond acceptors (Lipinski definition) is 1. The maximum Gasteiger partial charge on any atom is -0.00141 e. The highest BCUT2D eigenvalue weighted by atomic mass is 14.9. The zero-order valence-corrected chi connectivity index (χ0v) is 5.69. The van der Waals surface area contributed by atoms with Crippen LogP contribution in [-0.2, 0) is 0 Å². The van der Waals surface area contributed by atoms with Crippen LogP contribution in [0, 0.1) is 11.8 Å². The average Bonchev–Trinajstić information content (AvgIpc) is 2.22. The van der Waals surface area contributed by atoms with Crippen LogP contribution < -0.4 is 5.32 Å². The van der Waals surface area contributed by atoms with Crippen molar-refractivity contribution in [2.45, 2.75) is 12.8 Å². The molecule has 0 aromatic heterocycles. The summed E-state index contributed by atoms with van der Waals surface area (Å²) in [7, 11) is 0. The highest BCUT2D eigenvalue weighted by molar-refractivity contribution is 5.08. The molecule has 1 heteroatoms. The summed E-state index contributed by atoms with van der Waals surface area (Å²) in [4.78, 5) is 0. The molecule has 1 saturated carbocycles. The van der Waals surface area contributed by atoms with E-state index in [0.29, 0.717) is 0 Å². The van der Waals surface area contributed by atoms with Crippen molar-refractivity contribution in [1.29, 1.82) is 0 Å². The molecular formula is C8H13N. The lowest BCUT2D eigenvalue weighted by atomic mass is 10.0. The monoisotopic (exact) mass is 123 g/mol. The fourth-order valence-corrected chi connectivity index (χ4v) is 2.09. The first-order valence-corrected chi connectivity index (χ1v) is 3.73. The van der Waals surface area contributed by atoms with Gasteiger partial charge in [-0.3, -0.25) is 0 Å². The van der Waals surface area contributed by atoms with Crippen molar-refractivity contribution in [3.63, 3.8) is 0 Å². The summed E-state index contributed by atoms with van der Waals surface area (Å²) in [6.07, 6.45) is 2.58. The Labute approximate surface area is 56.1 Å². The highest BCUT2D eigenvalue weighted by Gasteiger charge is 2.32. The largest absolute Gasteiger partial charge is 0.316 e. The molecule has 2 rings (SSSR count). The Bertz CT molecular complexity index is 126. The Morgan fingerprint density at radius 1 is 1.22 bits per heavy atom. The molecule has 0 unspecified atom stereocenters. The molecule has 1 aliphatic heterocycles. The van der Waals surface area contributed by atoms with E-state index in [2.05, 4.69) is 11.9 Å². The van der Waals surface area contributed by atoms with Gasteiger partial charge in [-0.2, -0.15) is 0 Å². The van der Waals surface area contributed by atoms with Crippen molar-refractivity contribution in [2.24, 2.45) is 11.8 Å². The van der Waals surface area contributed by atoms with Gasteiger partial charge < -0.3 is 5.32 Å². The topological polar surface area (TPSA) is 12.0 Å². The summed E-state index contributed by atoms with van der Waals surface area (Å²) in [5.41, 5.74) is 1.48. The van der Waals surface area contributed by atoms with Gasteiger partial charge in [0.15, 0.2) is 0 Å². The molecule has 9 heavy (non-hydrogen) atoms. The molecule has 0 amide bonds. The molecule has 2 fully saturated rings. The maximum atomic E-state index is 4.01. The Hall–Kier alpha value is -0.300. The SMILES string of the molecule is C=C1C[C@H]2CNC[C@H]2C1. The molecule has 1 N–H and O–H groups in total. The van der Waals surface area contributed by atoms with E-state index in [4.69, 9.17) is 0 Å². The second-order valence-electron chi connectivity index (χ2n) is 3.34. The lowest BCUT2D eigenvalue weighted by molar-refractivity contribution is 0.494. The van der Waals surface area contributed by atoms with E-state index in [1.807, 2.05) is 0 Å². The smallest absolute Gasteiger partial charge is 0.00141 e. The van der Waals surface area contributed by atoms with Crippen molar-refractivity contribution >= 4 is 0 Å². The molecule has 1 aliphatic carbocycles. The minimum atomic E-state index is 0.942. The van der Waals surface area contributed by atoms with Gasteiger partial charge in [0.1, 0.15) is 0 Å². The van der Waals surface area contributed by atoms with Gasteiger partial charge in [-0.1, -0.05) is 12.2 Å². The van der Waals surface area contributed by atoms with Crippen LogP contribution in [0.25, 0.3) is 0 Å². The molecular weight excluding hydrogens is 110 g/mol. The molecule has 0 aromatic rings. The number of allylic oxidation sites excluding steroid dienone is 1. The molecule has 2 atom stereocenters. The van der Waals surface area contributed by atoms with Crippen LogP contribution in [0.2, 0.25) is 0 Å². The van der Waals surface area contributed by atoms with E-state index >= 15 is 0 Å². The van der Waals surface area contributed by atoms with Crippen molar-refractivity contribution < 1.29 is 0 Å². The second-order valence-corrected chi connectivity index (χ2v) is 3.34. The lowest BCUT2D eigenvalue weighted by Crippen LogP contribution is -2.09. The molecule has 1 heterocycles. The molecule has 0 spiro atoms. The average molecular weight is 123 g/mol. The first-order valence-electron chi connectivity index (χ1n) is 3.73. The van der Waals surface area contributed by atoms with Crippen LogP contribution in [0.1, 0.15) is 12.8 Å². The minimum Gasteiger partial charge on any atom is -0.316 e. The highest BCUT2D eigenvalue weighted by Crippen LogP contribution is 2.36. The Kier molecular flexibility index (Phi) is 1.12. The first-order chi connectivity index (χ1) is 4.36. The third-order valence-electron chi connectivity index (χ3n) is 2.58. The molecule has 2 aliphatic rings. The van der Waals surface area contributed by atoms with Gasteiger partial charge in [-0.15, -0.1) is 0 Å². The van der Waals surface area contributed by atoms with Gasteiger partial charge in [0, 0.05) is 0 Å². The van der Waals surface area contributed by atoms with E-state index in [-0.39, 0.29) is 0 Å². The molecule has 50 valence electrons. The third kappa shape index (κ3) is 0.799. The standard InChI is InChI=1S/C8H13N/c1-6-2-7-4-9-5-8(7)3-6/h7-9H,1-5H2/t7-,8+. The van der Waals surface area contributed by atoms with Gasteiger partial charge in [0.05, 0.1) is 0 Å². The summed E-state index contributed by atoms with van der Waals surface area (Å²) in [6, 6.07) is 0. The fourth-order valence-electron chi connectivity index (χ4n) is 2.09. The van der Waals surface area contributed by atoms with Gasteiger partial charge in [0.25, 0.3) is 0 Å². The first kappa shape index (κ1) is 5.48. The van der Waals surface area contributed by atoms with Crippen LogP contribution in [0.4, 0.5) is 0 Å². The quantitative estimate of drug-likeness (QED) is 0.477. The Morgan fingerprint density at radius 2 is 1.78 bits per heavy atom. The van der Waals surface area contributed by atoms with Crippen LogP contribution >= 0.6 is 0 Å². The zero-order chi connectivity index (χ0) is 6.27. The summed E-state index contributed by atoms with van der Waals surface area (Å²) >= 11 is 0. The Morgan fingerprint density at radius 3 is 2.33 bits per heavy atom. The van der Waals surface area contributed by atoms with E-state index in [9.17, 15) is 0 Å². The maximum absolute atomic E-state index is 4.01. The predicted octanol–water partition coefficient (Wildman–Crippen LogP) is 1.17. The van der Waals surface area contributed by atoms with Crippen LogP contribution in [0.15, 0.2) is 12.2 Å². The second kappa shape index (κ2) is 1.84. The van der Waals surface area contributed by atoms with Crippen LogP contribution in [0.5, 0.6) is 0 Å². The summed E-state index contributed by atoms with van der Waals surface area (Å²) < 4.78 is 0. The molecule has 0 aromatic carbocycles. The normalized spacial score (nSPS) is 41.6. The number of fused-ring (bicyclic) bond motifs is 1. The van der Waals surface area contributed by atoms with Gasteiger partial charge in [-0.05, 0) is 37.8 Å². The van der Waals surface area contributed by atoms with Gasteiger partial charge in [0.2, 0.25) is 0 Å².